The third kappa shape index (κ3) is 2.58. The predicted molar refractivity (Wildman–Crippen MR) is 61.2 cm³/mol. The van der Waals surface area contributed by atoms with Gasteiger partial charge < -0.3 is 5.73 Å². The highest BCUT2D eigenvalue weighted by Gasteiger charge is 2.32. The van der Waals surface area contributed by atoms with E-state index in [1.54, 1.807) is 19.1 Å². The third-order valence-electron chi connectivity index (χ3n) is 2.64. The van der Waals surface area contributed by atoms with Gasteiger partial charge in [0.25, 0.3) is 0 Å². The average molecular weight is 224 g/mol. The van der Waals surface area contributed by atoms with Crippen LogP contribution in [-0.2, 0) is 10.3 Å². The first kappa shape index (κ1) is 12.6. The molecule has 3 nitrogen and oxygen atoms in total. The number of amides is 1. The van der Waals surface area contributed by atoms with E-state index in [9.17, 15) is 9.18 Å². The summed E-state index contributed by atoms with van der Waals surface area (Å²) in [5, 5.41) is 3.08. The first-order valence-electron chi connectivity index (χ1n) is 5.31. The molecule has 0 radical (unpaired) electrons. The van der Waals surface area contributed by atoms with Crippen molar-refractivity contribution in [2.45, 2.75) is 25.8 Å². The van der Waals surface area contributed by atoms with Gasteiger partial charge in [-0.05, 0) is 37.6 Å². The molecule has 3 N–H and O–H groups in total. The first-order chi connectivity index (χ1) is 7.50. The van der Waals surface area contributed by atoms with Gasteiger partial charge in [-0.3, -0.25) is 10.1 Å². The quantitative estimate of drug-likeness (QED) is 0.796. The Morgan fingerprint density at radius 3 is 2.44 bits per heavy atom. The van der Waals surface area contributed by atoms with Crippen LogP contribution in [0, 0.1) is 5.82 Å². The van der Waals surface area contributed by atoms with Gasteiger partial charge in [0.2, 0.25) is 5.91 Å². The lowest BCUT2D eigenvalue weighted by Crippen LogP contribution is -2.50. The molecule has 1 amide bonds. The van der Waals surface area contributed by atoms with Crippen LogP contribution in [0.3, 0.4) is 0 Å². The molecule has 1 unspecified atom stereocenters. The molecule has 1 atom stereocenters. The SMILES string of the molecule is CCCNC(C)(C(N)=O)c1ccc(F)cc1. The van der Waals surface area contributed by atoms with Crippen LogP contribution < -0.4 is 11.1 Å². The lowest BCUT2D eigenvalue weighted by Gasteiger charge is -2.28. The van der Waals surface area contributed by atoms with E-state index in [-0.39, 0.29) is 5.82 Å². The second-order valence-electron chi connectivity index (χ2n) is 3.92. The molecule has 0 saturated carbocycles. The Morgan fingerprint density at radius 2 is 2.00 bits per heavy atom. The van der Waals surface area contributed by atoms with Crippen molar-refractivity contribution in [1.82, 2.24) is 5.32 Å². The van der Waals surface area contributed by atoms with E-state index in [1.165, 1.54) is 12.1 Å². The summed E-state index contributed by atoms with van der Waals surface area (Å²) in [4.78, 5) is 11.5. The van der Waals surface area contributed by atoms with Crippen LogP contribution in [0.5, 0.6) is 0 Å². The van der Waals surface area contributed by atoms with Gasteiger partial charge in [-0.1, -0.05) is 19.1 Å². The molecule has 88 valence electrons. The van der Waals surface area contributed by atoms with Crippen LogP contribution >= 0.6 is 0 Å². The number of benzene rings is 1. The molecule has 0 saturated heterocycles. The number of primary amides is 1. The molecular weight excluding hydrogens is 207 g/mol. The van der Waals surface area contributed by atoms with E-state index in [4.69, 9.17) is 5.73 Å². The predicted octanol–water partition coefficient (Wildman–Crippen LogP) is 1.53. The number of nitrogens with two attached hydrogens (primary N) is 1. The molecule has 16 heavy (non-hydrogen) atoms. The maximum absolute atomic E-state index is 12.8. The van der Waals surface area contributed by atoms with Gasteiger partial charge in [-0.25, -0.2) is 4.39 Å². The minimum atomic E-state index is -0.941. The van der Waals surface area contributed by atoms with Gasteiger partial charge in [0.05, 0.1) is 0 Å². The van der Waals surface area contributed by atoms with E-state index < -0.39 is 11.4 Å². The molecule has 0 heterocycles. The molecule has 1 aromatic carbocycles. The van der Waals surface area contributed by atoms with E-state index in [0.29, 0.717) is 12.1 Å². The minimum absolute atomic E-state index is 0.328. The zero-order valence-electron chi connectivity index (χ0n) is 9.59. The van der Waals surface area contributed by atoms with Crippen molar-refractivity contribution in [1.29, 1.82) is 0 Å². The monoisotopic (exact) mass is 224 g/mol. The summed E-state index contributed by atoms with van der Waals surface area (Å²) in [6.45, 7) is 4.38. The standard InChI is InChI=1S/C12H17FN2O/c1-3-8-15-12(2,11(14)16)9-4-6-10(13)7-5-9/h4-7,15H,3,8H2,1-2H3,(H2,14,16). The van der Waals surface area contributed by atoms with Crippen molar-refractivity contribution in [3.63, 3.8) is 0 Å². The Kier molecular flexibility index (Phi) is 4.01. The van der Waals surface area contributed by atoms with Crippen LogP contribution in [-0.4, -0.2) is 12.5 Å². The summed E-state index contributed by atoms with van der Waals surface area (Å²) in [5.41, 5.74) is 5.12. The van der Waals surface area contributed by atoms with E-state index >= 15 is 0 Å². The fourth-order valence-electron chi connectivity index (χ4n) is 1.49. The summed E-state index contributed by atoms with van der Waals surface area (Å²) < 4.78 is 12.8. The fraction of sp³-hybridized carbons (Fsp3) is 0.417. The molecule has 0 aliphatic rings. The largest absolute Gasteiger partial charge is 0.368 e. The number of rotatable bonds is 5. The molecule has 0 fully saturated rings. The normalized spacial score (nSPS) is 14.4. The number of carbonyl (C=O) groups is 1. The maximum Gasteiger partial charge on any atom is 0.242 e. The van der Waals surface area contributed by atoms with Gasteiger partial charge in [0.1, 0.15) is 11.4 Å². The second kappa shape index (κ2) is 5.07. The van der Waals surface area contributed by atoms with Crippen LogP contribution in [0.25, 0.3) is 0 Å². The first-order valence-corrected chi connectivity index (χ1v) is 5.31. The number of halogens is 1. The molecular formula is C12H17FN2O. The summed E-state index contributed by atoms with van der Waals surface area (Å²) in [5.74, 6) is -0.793. The molecule has 4 heteroatoms. The Hall–Kier alpha value is -1.42. The van der Waals surface area contributed by atoms with E-state index in [1.807, 2.05) is 6.92 Å². The zero-order chi connectivity index (χ0) is 12.2. The summed E-state index contributed by atoms with van der Waals surface area (Å²) in [6, 6.07) is 5.79. The van der Waals surface area contributed by atoms with Crippen molar-refractivity contribution in [2.24, 2.45) is 5.73 Å². The van der Waals surface area contributed by atoms with Crippen LogP contribution in [0.2, 0.25) is 0 Å². The highest BCUT2D eigenvalue weighted by atomic mass is 19.1. The molecule has 0 aromatic heterocycles. The topological polar surface area (TPSA) is 55.1 Å². The molecule has 1 rings (SSSR count). The van der Waals surface area contributed by atoms with Crippen molar-refractivity contribution >= 4 is 5.91 Å². The van der Waals surface area contributed by atoms with Crippen LogP contribution in [0.4, 0.5) is 4.39 Å². The Balaban J connectivity index is 3.01. The highest BCUT2D eigenvalue weighted by molar-refractivity contribution is 5.85. The Labute approximate surface area is 94.8 Å². The Morgan fingerprint density at radius 1 is 1.44 bits per heavy atom. The van der Waals surface area contributed by atoms with Gasteiger partial charge in [-0.15, -0.1) is 0 Å². The number of hydrogen-bond donors (Lipinski definition) is 2. The maximum atomic E-state index is 12.8. The lowest BCUT2D eigenvalue weighted by atomic mass is 9.91. The van der Waals surface area contributed by atoms with Crippen molar-refractivity contribution in [2.75, 3.05) is 6.54 Å². The molecule has 1 aromatic rings. The molecule has 0 spiro atoms. The van der Waals surface area contributed by atoms with Crippen molar-refractivity contribution < 1.29 is 9.18 Å². The number of nitrogens with one attached hydrogen (secondary N) is 1. The van der Waals surface area contributed by atoms with Gasteiger partial charge in [0, 0.05) is 0 Å². The highest BCUT2D eigenvalue weighted by Crippen LogP contribution is 2.20. The van der Waals surface area contributed by atoms with Gasteiger partial charge in [-0.2, -0.15) is 0 Å². The van der Waals surface area contributed by atoms with Crippen molar-refractivity contribution in [3.8, 4) is 0 Å². The molecule has 0 aliphatic heterocycles. The van der Waals surface area contributed by atoms with Gasteiger partial charge in [0.15, 0.2) is 0 Å². The van der Waals surface area contributed by atoms with Crippen LogP contribution in [0.1, 0.15) is 25.8 Å². The van der Waals surface area contributed by atoms with Gasteiger partial charge >= 0.3 is 0 Å². The number of carbonyl (C=O) groups excluding carboxylic acids is 1. The fourth-order valence-corrected chi connectivity index (χ4v) is 1.49. The smallest absolute Gasteiger partial charge is 0.242 e. The summed E-state index contributed by atoms with van der Waals surface area (Å²) >= 11 is 0. The summed E-state index contributed by atoms with van der Waals surface area (Å²) in [6.07, 6.45) is 0.893. The zero-order valence-corrected chi connectivity index (χ0v) is 9.59. The third-order valence-corrected chi connectivity index (χ3v) is 2.64. The average Bonchev–Trinajstić information content (AvgIpc) is 2.26. The summed E-state index contributed by atoms with van der Waals surface area (Å²) in [7, 11) is 0. The minimum Gasteiger partial charge on any atom is -0.368 e. The second-order valence-corrected chi connectivity index (χ2v) is 3.92. The molecule has 0 aliphatic carbocycles. The Bertz CT molecular complexity index is 364. The number of hydrogen-bond acceptors (Lipinski definition) is 2. The lowest BCUT2D eigenvalue weighted by molar-refractivity contribution is -0.124. The van der Waals surface area contributed by atoms with Crippen molar-refractivity contribution in [3.05, 3.63) is 35.6 Å². The molecule has 0 bridgehead atoms. The van der Waals surface area contributed by atoms with E-state index in [2.05, 4.69) is 5.32 Å². The van der Waals surface area contributed by atoms with Crippen LogP contribution in [0.15, 0.2) is 24.3 Å². The van der Waals surface area contributed by atoms with E-state index in [0.717, 1.165) is 6.42 Å².